The first-order valence-electron chi connectivity index (χ1n) is 4.45. The number of rotatable bonds is 5. The molecule has 0 heterocycles. The quantitative estimate of drug-likeness (QED) is 0.776. The summed E-state index contributed by atoms with van der Waals surface area (Å²) in [5, 5.41) is 0.575. The van der Waals surface area contributed by atoms with Crippen molar-refractivity contribution in [3.63, 3.8) is 0 Å². The van der Waals surface area contributed by atoms with Crippen LogP contribution < -0.4 is 4.72 Å². The summed E-state index contributed by atoms with van der Waals surface area (Å²) in [4.78, 5) is 0. The Labute approximate surface area is 95.4 Å². The van der Waals surface area contributed by atoms with Gasteiger partial charge in [0.1, 0.15) is 0 Å². The number of halogens is 1. The fraction of sp³-hybridized carbons (Fsp3) is 1.00. The molecule has 0 aromatic heterocycles. The molecule has 0 spiro atoms. The summed E-state index contributed by atoms with van der Waals surface area (Å²) in [5.74, 6) is 0. The normalized spacial score (nSPS) is 14.0. The van der Waals surface area contributed by atoms with Crippen molar-refractivity contribution in [1.82, 2.24) is 9.03 Å². The molecule has 0 fully saturated rings. The first-order chi connectivity index (χ1) is 6.12. The van der Waals surface area contributed by atoms with Crippen molar-refractivity contribution in [3.8, 4) is 0 Å². The predicted molar refractivity (Wildman–Crippen MR) is 62.8 cm³/mol. The maximum Gasteiger partial charge on any atom is 0.279 e. The molecule has 0 aliphatic carbocycles. The predicted octanol–water partition coefficient (Wildman–Crippen LogP) is 1.33. The zero-order valence-corrected chi connectivity index (χ0v) is 11.7. The minimum absolute atomic E-state index is 0.0429. The van der Waals surface area contributed by atoms with Crippen LogP contribution in [0.5, 0.6) is 0 Å². The first kappa shape index (κ1) is 14.3. The smallest absolute Gasteiger partial charge is 0.196 e. The lowest BCUT2D eigenvalue weighted by molar-refractivity contribution is 0.385. The molecular formula is C8H19BrN2O2S. The molecule has 0 rings (SSSR count). The Hall–Kier alpha value is 0.350. The summed E-state index contributed by atoms with van der Waals surface area (Å²) in [6, 6.07) is -0.0429. The molecule has 0 saturated heterocycles. The third-order valence-corrected chi connectivity index (χ3v) is 5.24. The van der Waals surface area contributed by atoms with Crippen molar-refractivity contribution >= 4 is 26.1 Å². The van der Waals surface area contributed by atoms with Gasteiger partial charge in [-0.25, -0.2) is 0 Å². The van der Waals surface area contributed by atoms with Crippen molar-refractivity contribution in [2.24, 2.45) is 0 Å². The molecule has 0 aliphatic heterocycles. The van der Waals surface area contributed by atoms with Crippen molar-refractivity contribution in [3.05, 3.63) is 0 Å². The van der Waals surface area contributed by atoms with E-state index in [4.69, 9.17) is 0 Å². The Kier molecular flexibility index (Phi) is 5.04. The molecule has 0 aliphatic rings. The van der Waals surface area contributed by atoms with Gasteiger partial charge in [0.25, 0.3) is 10.2 Å². The minimum Gasteiger partial charge on any atom is -0.196 e. The van der Waals surface area contributed by atoms with Crippen molar-refractivity contribution < 1.29 is 8.42 Å². The van der Waals surface area contributed by atoms with Crippen LogP contribution in [-0.4, -0.2) is 36.7 Å². The zero-order valence-electron chi connectivity index (χ0n) is 9.33. The number of hydrogen-bond acceptors (Lipinski definition) is 2. The number of hydrogen-bond donors (Lipinski definition) is 1. The number of nitrogens with one attached hydrogen (secondary N) is 1. The second-order valence-electron chi connectivity index (χ2n) is 4.23. The molecular weight excluding hydrogens is 268 g/mol. The van der Waals surface area contributed by atoms with Crippen LogP contribution in [0.15, 0.2) is 0 Å². The van der Waals surface area contributed by atoms with Gasteiger partial charge in [-0.3, -0.25) is 0 Å². The molecule has 4 nitrogen and oxygen atoms in total. The maximum atomic E-state index is 11.7. The van der Waals surface area contributed by atoms with Crippen LogP contribution in [0.25, 0.3) is 0 Å². The lowest BCUT2D eigenvalue weighted by atomic mass is 10.1. The van der Waals surface area contributed by atoms with Gasteiger partial charge in [-0.2, -0.15) is 17.4 Å². The Morgan fingerprint density at radius 1 is 1.43 bits per heavy atom. The van der Waals surface area contributed by atoms with E-state index in [-0.39, 0.29) is 6.04 Å². The van der Waals surface area contributed by atoms with Gasteiger partial charge in [0.15, 0.2) is 0 Å². The van der Waals surface area contributed by atoms with Gasteiger partial charge in [-0.15, -0.1) is 0 Å². The lowest BCUT2D eigenvalue weighted by Gasteiger charge is -2.28. The molecule has 0 bridgehead atoms. The maximum absolute atomic E-state index is 11.7. The first-order valence-corrected chi connectivity index (χ1v) is 7.01. The molecule has 0 aromatic rings. The minimum atomic E-state index is -3.38. The largest absolute Gasteiger partial charge is 0.279 e. The average molecular weight is 287 g/mol. The van der Waals surface area contributed by atoms with E-state index in [1.54, 1.807) is 7.05 Å². The van der Waals surface area contributed by atoms with Crippen molar-refractivity contribution in [2.45, 2.75) is 39.3 Å². The van der Waals surface area contributed by atoms with Gasteiger partial charge in [-0.05, 0) is 27.7 Å². The highest BCUT2D eigenvalue weighted by atomic mass is 79.9. The number of alkyl halides is 1. The van der Waals surface area contributed by atoms with Gasteiger partial charge in [0.05, 0.1) is 0 Å². The third kappa shape index (κ3) is 4.25. The van der Waals surface area contributed by atoms with Crippen LogP contribution in [0.2, 0.25) is 0 Å². The Morgan fingerprint density at radius 3 is 2.14 bits per heavy atom. The Balaban J connectivity index is 4.67. The zero-order chi connectivity index (χ0) is 11.6. The summed E-state index contributed by atoms with van der Waals surface area (Å²) in [6.45, 7) is 7.32. The van der Waals surface area contributed by atoms with E-state index < -0.39 is 15.7 Å². The second kappa shape index (κ2) is 4.92. The molecule has 1 N–H and O–H groups in total. The van der Waals surface area contributed by atoms with E-state index >= 15 is 0 Å². The van der Waals surface area contributed by atoms with E-state index in [0.717, 1.165) is 0 Å². The molecule has 0 amide bonds. The Bertz CT molecular complexity index is 275. The summed E-state index contributed by atoms with van der Waals surface area (Å²) in [7, 11) is -1.81. The van der Waals surface area contributed by atoms with Crippen LogP contribution in [0.1, 0.15) is 27.7 Å². The molecule has 0 radical (unpaired) electrons. The van der Waals surface area contributed by atoms with Crippen molar-refractivity contribution in [2.75, 3.05) is 12.4 Å². The fourth-order valence-corrected chi connectivity index (χ4v) is 2.52. The highest BCUT2D eigenvalue weighted by molar-refractivity contribution is 9.09. The van der Waals surface area contributed by atoms with Crippen LogP contribution in [-0.2, 0) is 10.2 Å². The molecule has 0 unspecified atom stereocenters. The van der Waals surface area contributed by atoms with E-state index in [2.05, 4.69) is 20.7 Å². The SMILES string of the molecule is CC(C)N(C)S(=O)(=O)NC(C)(C)CBr. The van der Waals surface area contributed by atoms with Gasteiger partial charge >= 0.3 is 0 Å². The van der Waals surface area contributed by atoms with Crippen LogP contribution in [0, 0.1) is 0 Å². The third-order valence-electron chi connectivity index (χ3n) is 1.85. The van der Waals surface area contributed by atoms with Gasteiger partial charge in [0, 0.05) is 24.0 Å². The average Bonchev–Trinajstić information content (AvgIpc) is 2.01. The molecule has 86 valence electrons. The van der Waals surface area contributed by atoms with Crippen molar-refractivity contribution in [1.29, 1.82) is 0 Å². The van der Waals surface area contributed by atoms with Gasteiger partial charge in [0.2, 0.25) is 0 Å². The second-order valence-corrected chi connectivity index (χ2v) is 6.53. The Morgan fingerprint density at radius 2 is 1.86 bits per heavy atom. The summed E-state index contributed by atoms with van der Waals surface area (Å²) < 4.78 is 27.4. The number of nitrogens with zero attached hydrogens (tertiary/aromatic N) is 1. The standard InChI is InChI=1S/C8H19BrN2O2S/c1-7(2)11(5)14(12,13)10-8(3,4)6-9/h7,10H,6H2,1-5H3. The van der Waals surface area contributed by atoms with E-state index in [1.165, 1.54) is 4.31 Å². The molecule has 0 atom stereocenters. The lowest BCUT2D eigenvalue weighted by Crippen LogP contribution is -2.51. The fourth-order valence-electron chi connectivity index (χ4n) is 0.726. The highest BCUT2D eigenvalue weighted by Crippen LogP contribution is 2.11. The van der Waals surface area contributed by atoms with Gasteiger partial charge in [-0.1, -0.05) is 15.9 Å². The molecule has 0 saturated carbocycles. The topological polar surface area (TPSA) is 49.4 Å². The van der Waals surface area contributed by atoms with E-state index in [9.17, 15) is 8.42 Å². The van der Waals surface area contributed by atoms with Gasteiger partial charge < -0.3 is 0 Å². The summed E-state index contributed by atoms with van der Waals surface area (Å²) >= 11 is 3.26. The molecule has 14 heavy (non-hydrogen) atoms. The van der Waals surface area contributed by atoms with E-state index in [0.29, 0.717) is 5.33 Å². The monoisotopic (exact) mass is 286 g/mol. The van der Waals surface area contributed by atoms with Crippen LogP contribution in [0.4, 0.5) is 0 Å². The molecule has 6 heteroatoms. The van der Waals surface area contributed by atoms with Crippen LogP contribution >= 0.6 is 15.9 Å². The van der Waals surface area contributed by atoms with E-state index in [1.807, 2.05) is 27.7 Å². The summed E-state index contributed by atoms with van der Waals surface area (Å²) in [6.07, 6.45) is 0. The van der Waals surface area contributed by atoms with Crippen LogP contribution in [0.3, 0.4) is 0 Å². The highest BCUT2D eigenvalue weighted by Gasteiger charge is 2.28. The molecule has 0 aromatic carbocycles. The summed E-state index contributed by atoms with van der Waals surface area (Å²) in [5.41, 5.74) is -0.470.